The van der Waals surface area contributed by atoms with Gasteiger partial charge in [0.05, 0.1) is 6.33 Å². The maximum atomic E-state index is 12.5. The zero-order valence-corrected chi connectivity index (χ0v) is 14.7. The number of nitrogens with zero attached hydrogens (tertiary/aromatic N) is 3. The smallest absolute Gasteiger partial charge is 0.279 e. The summed E-state index contributed by atoms with van der Waals surface area (Å²) >= 11 is 0. The molecular weight excluding hydrogens is 324 g/mol. The molecule has 0 spiro atoms. The number of nitrogens with one attached hydrogen (secondary N) is 1. The standard InChI is InChI=1S/C17H24N4O2S/c1-20(16-7-3-2-4-8-16)24(22,23)19-13-15-6-5-9-17(12-15)21-11-10-18-14-21/h5-6,9-12,14,16,19H,2-4,7-8,13H2,1H3. The molecule has 0 amide bonds. The van der Waals surface area contributed by atoms with Gasteiger partial charge in [-0.15, -0.1) is 0 Å². The van der Waals surface area contributed by atoms with Crippen LogP contribution in [0.15, 0.2) is 43.0 Å². The molecule has 130 valence electrons. The maximum absolute atomic E-state index is 12.5. The van der Waals surface area contributed by atoms with Crippen LogP contribution in [0.1, 0.15) is 37.7 Å². The topological polar surface area (TPSA) is 67.2 Å². The SMILES string of the molecule is CN(C1CCCCC1)S(=O)(=O)NCc1cccc(-n2ccnc2)c1. The highest BCUT2D eigenvalue weighted by molar-refractivity contribution is 7.87. The number of hydrogen-bond donors (Lipinski definition) is 1. The number of aromatic nitrogens is 2. The third kappa shape index (κ3) is 4.03. The van der Waals surface area contributed by atoms with Crippen molar-refractivity contribution in [3.63, 3.8) is 0 Å². The van der Waals surface area contributed by atoms with Crippen molar-refractivity contribution in [3.05, 3.63) is 48.5 Å². The molecule has 1 saturated carbocycles. The van der Waals surface area contributed by atoms with Crippen LogP contribution in [-0.2, 0) is 16.8 Å². The molecule has 1 fully saturated rings. The van der Waals surface area contributed by atoms with Gasteiger partial charge in [0.15, 0.2) is 0 Å². The fourth-order valence-electron chi connectivity index (χ4n) is 3.16. The van der Waals surface area contributed by atoms with Gasteiger partial charge in [0.1, 0.15) is 0 Å². The van der Waals surface area contributed by atoms with Gasteiger partial charge < -0.3 is 4.57 Å². The molecule has 0 unspecified atom stereocenters. The van der Waals surface area contributed by atoms with Crippen molar-refractivity contribution in [3.8, 4) is 5.69 Å². The maximum Gasteiger partial charge on any atom is 0.279 e. The van der Waals surface area contributed by atoms with E-state index in [-0.39, 0.29) is 12.6 Å². The predicted octanol–water partition coefficient (Wildman–Crippen LogP) is 2.47. The molecule has 1 aliphatic rings. The number of hydrogen-bond acceptors (Lipinski definition) is 3. The fraction of sp³-hybridized carbons (Fsp3) is 0.471. The Morgan fingerprint density at radius 2 is 2.08 bits per heavy atom. The Morgan fingerprint density at radius 3 is 2.79 bits per heavy atom. The fourth-order valence-corrected chi connectivity index (χ4v) is 4.31. The van der Waals surface area contributed by atoms with Gasteiger partial charge >= 0.3 is 0 Å². The summed E-state index contributed by atoms with van der Waals surface area (Å²) in [6, 6.07) is 7.89. The summed E-state index contributed by atoms with van der Waals surface area (Å²) in [4.78, 5) is 4.03. The van der Waals surface area contributed by atoms with Gasteiger partial charge in [0.2, 0.25) is 0 Å². The molecule has 24 heavy (non-hydrogen) atoms. The molecule has 0 atom stereocenters. The van der Waals surface area contributed by atoms with E-state index in [1.165, 1.54) is 10.7 Å². The van der Waals surface area contributed by atoms with Crippen LogP contribution in [0.4, 0.5) is 0 Å². The van der Waals surface area contributed by atoms with E-state index in [4.69, 9.17) is 0 Å². The summed E-state index contributed by atoms with van der Waals surface area (Å²) in [5.74, 6) is 0. The Hall–Kier alpha value is -1.70. The molecule has 7 heteroatoms. The van der Waals surface area contributed by atoms with Crippen molar-refractivity contribution in [1.29, 1.82) is 0 Å². The molecule has 1 heterocycles. The first kappa shape index (κ1) is 17.1. The lowest BCUT2D eigenvalue weighted by Gasteiger charge is -2.30. The third-order valence-corrected chi connectivity index (χ3v) is 6.21. The van der Waals surface area contributed by atoms with E-state index in [2.05, 4.69) is 9.71 Å². The molecule has 2 aromatic rings. The van der Waals surface area contributed by atoms with Gasteiger partial charge in [-0.1, -0.05) is 31.4 Å². The van der Waals surface area contributed by atoms with E-state index in [0.29, 0.717) is 0 Å². The lowest BCUT2D eigenvalue weighted by molar-refractivity contribution is 0.283. The first-order chi connectivity index (χ1) is 11.6. The Bertz CT molecular complexity index is 753. The van der Waals surface area contributed by atoms with Crippen LogP contribution in [-0.4, -0.2) is 35.4 Å². The lowest BCUT2D eigenvalue weighted by atomic mass is 9.96. The summed E-state index contributed by atoms with van der Waals surface area (Å²) in [6.45, 7) is 0.280. The second kappa shape index (κ2) is 7.46. The lowest BCUT2D eigenvalue weighted by Crippen LogP contribution is -2.44. The van der Waals surface area contributed by atoms with E-state index in [1.54, 1.807) is 19.6 Å². The van der Waals surface area contributed by atoms with Crippen LogP contribution in [0.25, 0.3) is 5.69 Å². The summed E-state index contributed by atoms with van der Waals surface area (Å²) in [6.07, 6.45) is 10.6. The summed E-state index contributed by atoms with van der Waals surface area (Å²) in [7, 11) is -1.78. The largest absolute Gasteiger partial charge is 0.306 e. The van der Waals surface area contributed by atoms with Crippen molar-refractivity contribution in [2.75, 3.05) is 7.05 Å². The minimum atomic E-state index is -3.46. The molecule has 3 rings (SSSR count). The molecule has 0 bridgehead atoms. The van der Waals surface area contributed by atoms with Gasteiger partial charge in [0.25, 0.3) is 10.2 Å². The molecule has 1 aromatic heterocycles. The Morgan fingerprint density at radius 1 is 1.29 bits per heavy atom. The van der Waals surface area contributed by atoms with E-state index in [1.807, 2.05) is 35.0 Å². The van der Waals surface area contributed by atoms with Crippen molar-refractivity contribution in [2.24, 2.45) is 0 Å². The first-order valence-corrected chi connectivity index (χ1v) is 9.80. The molecule has 0 radical (unpaired) electrons. The Kier molecular flexibility index (Phi) is 5.33. The highest BCUT2D eigenvalue weighted by Crippen LogP contribution is 2.23. The zero-order chi connectivity index (χ0) is 17.0. The Balaban J connectivity index is 1.65. The second-order valence-corrected chi connectivity index (χ2v) is 8.09. The molecule has 1 aromatic carbocycles. The Labute approximate surface area is 143 Å². The van der Waals surface area contributed by atoms with Crippen molar-refractivity contribution >= 4 is 10.2 Å². The normalized spacial score (nSPS) is 16.6. The summed E-state index contributed by atoms with van der Waals surface area (Å²) < 4.78 is 31.2. The van der Waals surface area contributed by atoms with Crippen LogP contribution in [0.2, 0.25) is 0 Å². The van der Waals surface area contributed by atoms with Gasteiger partial charge in [-0.3, -0.25) is 0 Å². The average Bonchev–Trinajstić information content (AvgIpc) is 3.15. The summed E-state index contributed by atoms with van der Waals surface area (Å²) in [5, 5.41) is 0. The van der Waals surface area contributed by atoms with Gasteiger partial charge in [-0.05, 0) is 30.5 Å². The monoisotopic (exact) mass is 348 g/mol. The second-order valence-electron chi connectivity index (χ2n) is 6.27. The number of rotatable bonds is 6. The molecule has 1 aliphatic carbocycles. The van der Waals surface area contributed by atoms with Crippen LogP contribution in [0.3, 0.4) is 0 Å². The van der Waals surface area contributed by atoms with Crippen LogP contribution >= 0.6 is 0 Å². The average molecular weight is 348 g/mol. The van der Waals surface area contributed by atoms with Gasteiger partial charge in [-0.25, -0.2) is 4.98 Å². The third-order valence-electron chi connectivity index (χ3n) is 4.64. The number of benzene rings is 1. The minimum Gasteiger partial charge on any atom is -0.306 e. The highest BCUT2D eigenvalue weighted by Gasteiger charge is 2.27. The number of imidazole rings is 1. The van der Waals surface area contributed by atoms with Gasteiger partial charge in [-0.2, -0.15) is 17.4 Å². The molecule has 0 aliphatic heterocycles. The van der Waals surface area contributed by atoms with Crippen LogP contribution in [0, 0.1) is 0 Å². The van der Waals surface area contributed by atoms with Crippen molar-refractivity contribution in [1.82, 2.24) is 18.6 Å². The summed E-state index contributed by atoms with van der Waals surface area (Å²) in [5.41, 5.74) is 1.88. The minimum absolute atomic E-state index is 0.119. The van der Waals surface area contributed by atoms with Crippen LogP contribution in [0.5, 0.6) is 0 Å². The molecule has 6 nitrogen and oxygen atoms in total. The first-order valence-electron chi connectivity index (χ1n) is 8.36. The van der Waals surface area contributed by atoms with E-state index >= 15 is 0 Å². The molecule has 0 saturated heterocycles. The van der Waals surface area contributed by atoms with Crippen molar-refractivity contribution < 1.29 is 8.42 Å². The van der Waals surface area contributed by atoms with Crippen LogP contribution < -0.4 is 4.72 Å². The highest BCUT2D eigenvalue weighted by atomic mass is 32.2. The van der Waals surface area contributed by atoms with Crippen molar-refractivity contribution in [2.45, 2.75) is 44.7 Å². The quantitative estimate of drug-likeness (QED) is 0.872. The zero-order valence-electron chi connectivity index (χ0n) is 13.9. The molecular formula is C17H24N4O2S. The van der Waals surface area contributed by atoms with E-state index in [9.17, 15) is 8.42 Å². The van der Waals surface area contributed by atoms with E-state index in [0.717, 1.165) is 36.9 Å². The van der Waals surface area contributed by atoms with Gasteiger partial charge in [0, 0.05) is 37.7 Å². The molecule has 1 N–H and O–H groups in total. The van der Waals surface area contributed by atoms with E-state index < -0.39 is 10.2 Å². The predicted molar refractivity (Wildman–Crippen MR) is 94.0 cm³/mol.